The average Bonchev–Trinajstić information content (AvgIpc) is 3.10. The van der Waals surface area contributed by atoms with Crippen LogP contribution < -0.4 is 5.32 Å². The molecule has 2 aromatic rings. The molecule has 22 heavy (non-hydrogen) atoms. The lowest BCUT2D eigenvalue weighted by Gasteiger charge is -2.11. The number of carbonyl (C=O) groups is 1. The Labute approximate surface area is 128 Å². The molecule has 0 radical (unpaired) electrons. The summed E-state index contributed by atoms with van der Waals surface area (Å²) in [7, 11) is 0. The van der Waals surface area contributed by atoms with Crippen LogP contribution in [0.2, 0.25) is 0 Å². The Morgan fingerprint density at radius 1 is 1.36 bits per heavy atom. The number of rotatable bonds is 5. The summed E-state index contributed by atoms with van der Waals surface area (Å²) >= 11 is 0. The van der Waals surface area contributed by atoms with E-state index in [4.69, 9.17) is 4.74 Å². The molecule has 2 N–H and O–H groups in total. The fraction of sp³-hybridized carbons (Fsp3) is 0.375. The third-order valence-corrected chi connectivity index (χ3v) is 3.72. The number of ether oxygens (including phenoxy) is 1. The number of aromatic nitrogens is 2. The monoisotopic (exact) mass is 301 g/mol. The van der Waals surface area contributed by atoms with Crippen LogP contribution in [0.15, 0.2) is 42.7 Å². The fourth-order valence-electron chi connectivity index (χ4n) is 2.52. The summed E-state index contributed by atoms with van der Waals surface area (Å²) in [6.07, 6.45) is 3.13. The molecule has 1 aromatic carbocycles. The quantitative estimate of drug-likeness (QED) is 0.872. The number of carbonyl (C=O) groups excluding carboxylic acids is 1. The van der Waals surface area contributed by atoms with Crippen LogP contribution in [-0.4, -0.2) is 40.1 Å². The van der Waals surface area contributed by atoms with Crippen molar-refractivity contribution in [3.8, 4) is 0 Å². The Hall–Kier alpha value is -2.18. The van der Waals surface area contributed by atoms with Crippen LogP contribution in [0.5, 0.6) is 0 Å². The molecule has 2 atom stereocenters. The van der Waals surface area contributed by atoms with Gasteiger partial charge in [0.2, 0.25) is 5.91 Å². The smallest absolute Gasteiger partial charge is 0.224 e. The van der Waals surface area contributed by atoms with Gasteiger partial charge in [-0.1, -0.05) is 30.3 Å². The van der Waals surface area contributed by atoms with E-state index in [1.807, 2.05) is 30.3 Å². The molecule has 1 amide bonds. The molecule has 0 saturated carbocycles. The molecule has 0 aliphatic carbocycles. The normalized spacial score (nSPS) is 21.0. The maximum absolute atomic E-state index is 12.0. The Morgan fingerprint density at radius 2 is 2.18 bits per heavy atom. The molecule has 2 heterocycles. The van der Waals surface area contributed by atoms with Gasteiger partial charge < -0.3 is 15.2 Å². The minimum atomic E-state index is -0.549. The van der Waals surface area contributed by atoms with Crippen LogP contribution in [0.3, 0.4) is 0 Å². The molecule has 1 aliphatic rings. The van der Waals surface area contributed by atoms with Crippen molar-refractivity contribution in [2.45, 2.75) is 19.1 Å². The number of nitrogens with one attached hydrogen (secondary N) is 1. The lowest BCUT2D eigenvalue weighted by atomic mass is 10.0. The van der Waals surface area contributed by atoms with Crippen LogP contribution in [0.25, 0.3) is 0 Å². The third kappa shape index (κ3) is 3.72. The second kappa shape index (κ2) is 6.72. The van der Waals surface area contributed by atoms with Crippen molar-refractivity contribution in [2.24, 2.45) is 5.92 Å². The number of hydrogen-bond acceptors (Lipinski definition) is 4. The van der Waals surface area contributed by atoms with Crippen LogP contribution in [0.4, 0.5) is 5.69 Å². The van der Waals surface area contributed by atoms with Crippen molar-refractivity contribution in [3.05, 3.63) is 48.3 Å². The van der Waals surface area contributed by atoms with Crippen molar-refractivity contribution in [3.63, 3.8) is 0 Å². The SMILES string of the molecule is O=C(C[C@@H]1COC[C@H]1O)Nc1cnn(Cc2ccccc2)c1. The van der Waals surface area contributed by atoms with E-state index in [2.05, 4.69) is 10.4 Å². The van der Waals surface area contributed by atoms with E-state index in [9.17, 15) is 9.90 Å². The zero-order valence-corrected chi connectivity index (χ0v) is 12.2. The Morgan fingerprint density at radius 3 is 2.91 bits per heavy atom. The number of anilines is 1. The molecular formula is C16H19N3O3. The lowest BCUT2D eigenvalue weighted by molar-refractivity contribution is -0.117. The highest BCUT2D eigenvalue weighted by molar-refractivity contribution is 5.90. The first kappa shape index (κ1) is 14.7. The van der Waals surface area contributed by atoms with Crippen molar-refractivity contribution in [2.75, 3.05) is 18.5 Å². The van der Waals surface area contributed by atoms with Gasteiger partial charge in [0, 0.05) is 18.5 Å². The Balaban J connectivity index is 1.54. The summed E-state index contributed by atoms with van der Waals surface area (Å²) in [5.74, 6) is -0.256. The third-order valence-electron chi connectivity index (χ3n) is 3.72. The van der Waals surface area contributed by atoms with Crippen LogP contribution in [-0.2, 0) is 16.1 Å². The maximum Gasteiger partial charge on any atom is 0.224 e. The van der Waals surface area contributed by atoms with Gasteiger partial charge in [0.15, 0.2) is 0 Å². The summed E-state index contributed by atoms with van der Waals surface area (Å²) in [6, 6.07) is 10.00. The number of aliphatic hydroxyl groups excluding tert-OH is 1. The summed E-state index contributed by atoms with van der Waals surface area (Å²) in [5, 5.41) is 16.7. The first-order valence-corrected chi connectivity index (χ1v) is 7.33. The summed E-state index contributed by atoms with van der Waals surface area (Å²) in [4.78, 5) is 12.0. The molecule has 3 rings (SSSR count). The van der Waals surface area contributed by atoms with E-state index in [0.29, 0.717) is 25.4 Å². The summed E-state index contributed by atoms with van der Waals surface area (Å²) in [5.41, 5.74) is 1.81. The molecule has 1 saturated heterocycles. The molecular weight excluding hydrogens is 282 g/mol. The van der Waals surface area contributed by atoms with Crippen LogP contribution in [0, 0.1) is 5.92 Å². The number of benzene rings is 1. The van der Waals surface area contributed by atoms with E-state index in [1.165, 1.54) is 0 Å². The molecule has 0 unspecified atom stereocenters. The van der Waals surface area contributed by atoms with E-state index in [-0.39, 0.29) is 18.2 Å². The molecule has 6 heteroatoms. The van der Waals surface area contributed by atoms with Gasteiger partial charge in [0.25, 0.3) is 0 Å². The van der Waals surface area contributed by atoms with E-state index < -0.39 is 6.10 Å². The standard InChI is InChI=1S/C16H19N3O3/c20-15-11-22-10-13(15)6-16(21)18-14-7-17-19(9-14)8-12-4-2-1-3-5-12/h1-5,7,9,13,15,20H,6,8,10-11H2,(H,18,21)/t13-,15-/m1/s1. The molecule has 1 aromatic heterocycles. The second-order valence-corrected chi connectivity index (χ2v) is 5.53. The highest BCUT2D eigenvalue weighted by Crippen LogP contribution is 2.18. The predicted octanol–water partition coefficient (Wildman–Crippen LogP) is 1.27. The van der Waals surface area contributed by atoms with Crippen LogP contribution >= 0.6 is 0 Å². The average molecular weight is 301 g/mol. The molecule has 1 aliphatic heterocycles. The molecule has 0 bridgehead atoms. The van der Waals surface area contributed by atoms with E-state index >= 15 is 0 Å². The van der Waals surface area contributed by atoms with E-state index in [0.717, 1.165) is 5.56 Å². The number of hydrogen-bond donors (Lipinski definition) is 2. The highest BCUT2D eigenvalue weighted by atomic mass is 16.5. The number of aliphatic hydroxyl groups is 1. The summed E-state index contributed by atoms with van der Waals surface area (Å²) < 4.78 is 6.92. The van der Waals surface area contributed by atoms with Gasteiger partial charge in [-0.25, -0.2) is 0 Å². The Kier molecular flexibility index (Phi) is 4.50. The molecule has 6 nitrogen and oxygen atoms in total. The minimum absolute atomic E-state index is 0.126. The van der Waals surface area contributed by atoms with Gasteiger partial charge in [-0.15, -0.1) is 0 Å². The zero-order chi connectivity index (χ0) is 15.4. The number of amides is 1. The first-order chi connectivity index (χ1) is 10.7. The first-order valence-electron chi connectivity index (χ1n) is 7.33. The van der Waals surface area contributed by atoms with Crippen LogP contribution in [0.1, 0.15) is 12.0 Å². The predicted molar refractivity (Wildman–Crippen MR) is 81.3 cm³/mol. The largest absolute Gasteiger partial charge is 0.390 e. The lowest BCUT2D eigenvalue weighted by Crippen LogP contribution is -2.24. The Bertz CT molecular complexity index is 627. The highest BCUT2D eigenvalue weighted by Gasteiger charge is 2.28. The van der Waals surface area contributed by atoms with Crippen molar-refractivity contribution < 1.29 is 14.6 Å². The fourth-order valence-corrected chi connectivity index (χ4v) is 2.52. The molecule has 116 valence electrons. The van der Waals surface area contributed by atoms with Crippen molar-refractivity contribution in [1.82, 2.24) is 9.78 Å². The van der Waals surface area contributed by atoms with Gasteiger partial charge in [0.05, 0.1) is 37.7 Å². The minimum Gasteiger partial charge on any atom is -0.390 e. The topological polar surface area (TPSA) is 76.4 Å². The van der Waals surface area contributed by atoms with Gasteiger partial charge >= 0.3 is 0 Å². The van der Waals surface area contributed by atoms with Gasteiger partial charge in [-0.2, -0.15) is 5.10 Å². The van der Waals surface area contributed by atoms with Crippen molar-refractivity contribution >= 4 is 11.6 Å². The maximum atomic E-state index is 12.0. The van der Waals surface area contributed by atoms with Crippen molar-refractivity contribution in [1.29, 1.82) is 0 Å². The van der Waals surface area contributed by atoms with E-state index in [1.54, 1.807) is 17.1 Å². The zero-order valence-electron chi connectivity index (χ0n) is 12.2. The molecule has 0 spiro atoms. The second-order valence-electron chi connectivity index (χ2n) is 5.53. The summed E-state index contributed by atoms with van der Waals surface area (Å²) in [6.45, 7) is 1.40. The van der Waals surface area contributed by atoms with Gasteiger partial charge in [-0.05, 0) is 5.56 Å². The molecule has 1 fully saturated rings. The number of nitrogens with zero attached hydrogens (tertiary/aromatic N) is 2. The van der Waals surface area contributed by atoms with Gasteiger partial charge in [0.1, 0.15) is 0 Å². The van der Waals surface area contributed by atoms with Gasteiger partial charge in [-0.3, -0.25) is 9.48 Å².